The Bertz CT molecular complexity index is 509. The molecule has 0 unspecified atom stereocenters. The zero-order valence-corrected chi connectivity index (χ0v) is 10.9. The van der Waals surface area contributed by atoms with Gasteiger partial charge < -0.3 is 9.47 Å². The van der Waals surface area contributed by atoms with E-state index in [0.29, 0.717) is 11.0 Å². The van der Waals surface area contributed by atoms with Gasteiger partial charge in [-0.15, -0.1) is 0 Å². The summed E-state index contributed by atoms with van der Waals surface area (Å²) in [6.07, 6.45) is 0. The highest BCUT2D eigenvalue weighted by Crippen LogP contribution is 2.18. The second-order valence-electron chi connectivity index (χ2n) is 3.71. The first-order chi connectivity index (χ1) is 8.67. The van der Waals surface area contributed by atoms with Crippen LogP contribution in [-0.4, -0.2) is 17.1 Å². The van der Waals surface area contributed by atoms with Crippen molar-refractivity contribution in [1.29, 1.82) is 0 Å². The van der Waals surface area contributed by atoms with Crippen LogP contribution in [0.15, 0.2) is 30.3 Å². The van der Waals surface area contributed by atoms with E-state index in [2.05, 4.69) is 9.97 Å². The summed E-state index contributed by atoms with van der Waals surface area (Å²) in [5.74, 6) is 2.09. The van der Waals surface area contributed by atoms with Crippen molar-refractivity contribution in [3.63, 3.8) is 0 Å². The Hall–Kier alpha value is -1.81. The van der Waals surface area contributed by atoms with Crippen LogP contribution in [0.5, 0.6) is 11.5 Å². The predicted octanol–water partition coefficient (Wildman–Crippen LogP) is 3.03. The van der Waals surface area contributed by atoms with E-state index >= 15 is 0 Å². The lowest BCUT2D eigenvalue weighted by Gasteiger charge is -2.06. The SMILES string of the molecule is COc1ccc(OCc2nc(C)cc(Cl)n2)cc1. The molecule has 0 atom stereocenters. The number of hydrogen-bond donors (Lipinski definition) is 0. The average molecular weight is 265 g/mol. The summed E-state index contributed by atoms with van der Waals surface area (Å²) in [6.45, 7) is 2.15. The number of methoxy groups -OCH3 is 1. The van der Waals surface area contributed by atoms with Gasteiger partial charge in [-0.25, -0.2) is 9.97 Å². The van der Waals surface area contributed by atoms with Crippen molar-refractivity contribution in [2.24, 2.45) is 0 Å². The molecule has 0 fully saturated rings. The van der Waals surface area contributed by atoms with E-state index in [1.54, 1.807) is 13.2 Å². The lowest BCUT2D eigenvalue weighted by atomic mass is 10.3. The van der Waals surface area contributed by atoms with Crippen LogP contribution < -0.4 is 9.47 Å². The van der Waals surface area contributed by atoms with Crippen LogP contribution in [0.4, 0.5) is 0 Å². The van der Waals surface area contributed by atoms with E-state index in [-0.39, 0.29) is 6.61 Å². The van der Waals surface area contributed by atoms with Gasteiger partial charge in [0.1, 0.15) is 23.3 Å². The Morgan fingerprint density at radius 2 is 1.78 bits per heavy atom. The van der Waals surface area contributed by atoms with Crippen molar-refractivity contribution >= 4 is 11.6 Å². The molecule has 5 heteroatoms. The molecule has 0 saturated carbocycles. The first-order valence-electron chi connectivity index (χ1n) is 5.44. The van der Waals surface area contributed by atoms with Crippen LogP contribution in [0.25, 0.3) is 0 Å². The molecule has 0 saturated heterocycles. The summed E-state index contributed by atoms with van der Waals surface area (Å²) in [5, 5.41) is 0.427. The van der Waals surface area contributed by atoms with Gasteiger partial charge in [-0.2, -0.15) is 0 Å². The Balaban J connectivity index is 2.01. The van der Waals surface area contributed by atoms with E-state index in [9.17, 15) is 0 Å². The van der Waals surface area contributed by atoms with E-state index in [1.807, 2.05) is 31.2 Å². The predicted molar refractivity (Wildman–Crippen MR) is 69.1 cm³/mol. The maximum absolute atomic E-state index is 5.85. The molecular formula is C13H13ClN2O2. The van der Waals surface area contributed by atoms with Crippen LogP contribution in [-0.2, 0) is 6.61 Å². The van der Waals surface area contributed by atoms with Crippen molar-refractivity contribution < 1.29 is 9.47 Å². The molecule has 0 radical (unpaired) electrons. The van der Waals surface area contributed by atoms with E-state index < -0.39 is 0 Å². The summed E-state index contributed by atoms with van der Waals surface area (Å²) in [5.41, 5.74) is 0.823. The van der Waals surface area contributed by atoms with Gasteiger partial charge in [-0.1, -0.05) is 11.6 Å². The summed E-state index contributed by atoms with van der Waals surface area (Å²) in [6, 6.07) is 9.03. The first-order valence-corrected chi connectivity index (χ1v) is 5.82. The number of hydrogen-bond acceptors (Lipinski definition) is 4. The van der Waals surface area contributed by atoms with E-state index in [1.165, 1.54) is 0 Å². The third-order valence-electron chi connectivity index (χ3n) is 2.30. The Kier molecular flexibility index (Phi) is 3.99. The summed E-state index contributed by atoms with van der Waals surface area (Å²) < 4.78 is 10.6. The van der Waals surface area contributed by atoms with Crippen LogP contribution in [0.1, 0.15) is 11.5 Å². The Morgan fingerprint density at radius 3 is 2.39 bits per heavy atom. The van der Waals surface area contributed by atoms with Gasteiger partial charge in [0, 0.05) is 5.69 Å². The second kappa shape index (κ2) is 5.69. The molecule has 0 amide bonds. The monoisotopic (exact) mass is 264 g/mol. The van der Waals surface area contributed by atoms with E-state index in [0.717, 1.165) is 17.2 Å². The van der Waals surface area contributed by atoms with Crippen LogP contribution in [0.2, 0.25) is 5.15 Å². The molecule has 2 rings (SSSR count). The fourth-order valence-corrected chi connectivity index (χ4v) is 1.73. The molecule has 94 valence electrons. The Morgan fingerprint density at radius 1 is 1.11 bits per heavy atom. The number of nitrogens with zero attached hydrogens (tertiary/aromatic N) is 2. The third-order valence-corrected chi connectivity index (χ3v) is 2.49. The molecule has 1 aromatic heterocycles. The fourth-order valence-electron chi connectivity index (χ4n) is 1.47. The highest BCUT2D eigenvalue weighted by Gasteiger charge is 2.02. The highest BCUT2D eigenvalue weighted by molar-refractivity contribution is 6.29. The zero-order chi connectivity index (χ0) is 13.0. The van der Waals surface area contributed by atoms with Gasteiger partial charge in [-0.3, -0.25) is 0 Å². The minimum atomic E-state index is 0.285. The number of aromatic nitrogens is 2. The number of aryl methyl sites for hydroxylation is 1. The summed E-state index contributed by atoms with van der Waals surface area (Å²) in [7, 11) is 1.62. The molecule has 4 nitrogen and oxygen atoms in total. The zero-order valence-electron chi connectivity index (χ0n) is 10.2. The topological polar surface area (TPSA) is 44.2 Å². The Labute approximate surface area is 111 Å². The molecule has 0 aliphatic rings. The maximum atomic E-state index is 5.85. The van der Waals surface area contributed by atoms with Crippen molar-refractivity contribution in [3.05, 3.63) is 47.0 Å². The third kappa shape index (κ3) is 3.34. The molecule has 0 spiro atoms. The summed E-state index contributed by atoms with van der Waals surface area (Å²) >= 11 is 5.85. The molecular weight excluding hydrogens is 252 g/mol. The number of rotatable bonds is 4. The quantitative estimate of drug-likeness (QED) is 0.796. The van der Waals surface area contributed by atoms with Gasteiger partial charge in [0.2, 0.25) is 0 Å². The molecule has 1 aromatic carbocycles. The van der Waals surface area contributed by atoms with E-state index in [4.69, 9.17) is 21.1 Å². The van der Waals surface area contributed by atoms with Gasteiger partial charge in [0.25, 0.3) is 0 Å². The second-order valence-corrected chi connectivity index (χ2v) is 4.10. The summed E-state index contributed by atoms with van der Waals surface area (Å²) in [4.78, 5) is 8.32. The van der Waals surface area contributed by atoms with Gasteiger partial charge in [0.05, 0.1) is 7.11 Å². The number of ether oxygens (including phenoxy) is 2. The van der Waals surface area contributed by atoms with Gasteiger partial charge >= 0.3 is 0 Å². The number of benzene rings is 1. The minimum absolute atomic E-state index is 0.285. The largest absolute Gasteiger partial charge is 0.497 e. The normalized spacial score (nSPS) is 10.2. The smallest absolute Gasteiger partial charge is 0.167 e. The van der Waals surface area contributed by atoms with Crippen LogP contribution in [0, 0.1) is 6.92 Å². The molecule has 0 aliphatic heterocycles. The lowest BCUT2D eigenvalue weighted by Crippen LogP contribution is -2.02. The molecule has 0 bridgehead atoms. The first kappa shape index (κ1) is 12.6. The minimum Gasteiger partial charge on any atom is -0.497 e. The lowest BCUT2D eigenvalue weighted by molar-refractivity contribution is 0.295. The molecule has 1 heterocycles. The number of halogens is 1. The van der Waals surface area contributed by atoms with Gasteiger partial charge in [-0.05, 0) is 37.3 Å². The van der Waals surface area contributed by atoms with Crippen molar-refractivity contribution in [1.82, 2.24) is 9.97 Å². The van der Waals surface area contributed by atoms with Crippen molar-refractivity contribution in [2.75, 3.05) is 7.11 Å². The van der Waals surface area contributed by atoms with Crippen molar-refractivity contribution in [2.45, 2.75) is 13.5 Å². The molecule has 2 aromatic rings. The molecule has 0 N–H and O–H groups in total. The van der Waals surface area contributed by atoms with Gasteiger partial charge in [0.15, 0.2) is 5.82 Å². The highest BCUT2D eigenvalue weighted by atomic mass is 35.5. The standard InChI is InChI=1S/C13H13ClN2O2/c1-9-7-12(14)16-13(15-9)8-18-11-5-3-10(17-2)4-6-11/h3-7H,8H2,1-2H3. The van der Waals surface area contributed by atoms with Crippen LogP contribution >= 0.6 is 11.6 Å². The molecule has 0 aliphatic carbocycles. The maximum Gasteiger partial charge on any atom is 0.167 e. The van der Waals surface area contributed by atoms with Crippen molar-refractivity contribution in [3.8, 4) is 11.5 Å². The molecule has 18 heavy (non-hydrogen) atoms. The van der Waals surface area contributed by atoms with Crippen LogP contribution in [0.3, 0.4) is 0 Å². The fraction of sp³-hybridized carbons (Fsp3) is 0.231. The average Bonchev–Trinajstić information content (AvgIpc) is 2.36.